The van der Waals surface area contributed by atoms with Crippen LogP contribution in [0.15, 0.2) is 18.0 Å². The first-order valence-corrected chi connectivity index (χ1v) is 12.1. The van der Waals surface area contributed by atoms with Crippen molar-refractivity contribution in [2.45, 2.75) is 6.10 Å². The number of hydrogen-bond donors (Lipinski definition) is 0. The van der Waals surface area contributed by atoms with E-state index < -0.39 is 151 Å². The van der Waals surface area contributed by atoms with Crippen LogP contribution in [-0.2, 0) is 4.65 Å². The van der Waals surface area contributed by atoms with Gasteiger partial charge in [0.05, 0.1) is 22.2 Å². The van der Waals surface area contributed by atoms with Gasteiger partial charge in [0.15, 0.2) is 93.0 Å². The zero-order valence-corrected chi connectivity index (χ0v) is 21.9. The average Bonchev–Trinajstić information content (AvgIpc) is 3.30. The zero-order valence-electron chi connectivity index (χ0n) is 21.9. The standard InChI is InChI=1S/C27H3BF18O2/c29-4-2-1-3-5(9(4)30)10(31)24(45)26(3)47-28(8-14(35)19(40)22(43)20(41)15(8)36)48-27-7(13(34)18(39)23(44)25(27)46)6-11(32)16(37)21(42)17(38)12(6)33/h1-2,26H. The van der Waals surface area contributed by atoms with E-state index in [1.807, 2.05) is 0 Å². The number of halogens is 18. The van der Waals surface area contributed by atoms with E-state index in [4.69, 9.17) is 0 Å². The normalized spacial score (nSPS) is 14.2. The molecule has 1 atom stereocenters. The van der Waals surface area contributed by atoms with Gasteiger partial charge in [-0.25, -0.2) is 74.6 Å². The Morgan fingerprint density at radius 3 is 1.33 bits per heavy atom. The summed E-state index contributed by atoms with van der Waals surface area (Å²) < 4.78 is 268. The summed E-state index contributed by atoms with van der Waals surface area (Å²) in [5.74, 6) is -53.5. The van der Waals surface area contributed by atoms with E-state index in [0.29, 0.717) is 6.07 Å². The molecule has 0 spiro atoms. The molecule has 21 heteroatoms. The largest absolute Gasteiger partial charge is 0.569 e. The number of rotatable bonds is 6. The van der Waals surface area contributed by atoms with E-state index >= 15 is 8.78 Å². The summed E-state index contributed by atoms with van der Waals surface area (Å²) in [5.41, 5.74) is -10.7. The molecule has 0 saturated carbocycles. The Labute approximate surface area is 252 Å². The van der Waals surface area contributed by atoms with E-state index in [9.17, 15) is 70.2 Å². The summed E-state index contributed by atoms with van der Waals surface area (Å²) in [5, 5.41) is 0. The van der Waals surface area contributed by atoms with E-state index in [1.54, 1.807) is 0 Å². The quantitative estimate of drug-likeness (QED) is 0.0863. The van der Waals surface area contributed by atoms with Crippen LogP contribution in [0.1, 0.15) is 17.2 Å². The molecule has 4 aromatic carbocycles. The summed E-state index contributed by atoms with van der Waals surface area (Å²) >= 11 is 0. The van der Waals surface area contributed by atoms with Gasteiger partial charge < -0.3 is 9.31 Å². The lowest BCUT2D eigenvalue weighted by atomic mass is 9.76. The fourth-order valence-corrected chi connectivity index (χ4v) is 4.50. The summed E-state index contributed by atoms with van der Waals surface area (Å²) in [4.78, 5) is 0. The van der Waals surface area contributed by atoms with Crippen molar-refractivity contribution in [1.29, 1.82) is 0 Å². The van der Waals surface area contributed by atoms with Crippen LogP contribution in [0.5, 0.6) is 5.75 Å². The molecule has 0 fully saturated rings. The minimum Gasteiger partial charge on any atom is -0.529 e. The molecule has 1 aliphatic carbocycles. The van der Waals surface area contributed by atoms with Crippen molar-refractivity contribution in [1.82, 2.24) is 0 Å². The predicted octanol–water partition coefficient (Wildman–Crippen LogP) is 8.73. The summed E-state index contributed by atoms with van der Waals surface area (Å²) in [6.07, 6.45) is -3.02. The van der Waals surface area contributed by atoms with Crippen molar-refractivity contribution in [3.63, 3.8) is 0 Å². The maximum Gasteiger partial charge on any atom is 0.569 e. The lowest BCUT2D eigenvalue weighted by Crippen LogP contribution is -2.46. The smallest absolute Gasteiger partial charge is 0.529 e. The SMILES string of the molecule is FC1=C(F)C(OB(Oc2c(F)c(F)c(F)c(F)c2-c2c(F)c(F)c(F)c(F)c2F)c2c(F)c(F)c(F)c(F)c2F)c2ccc(F)c(F)c21. The van der Waals surface area contributed by atoms with Crippen LogP contribution < -0.4 is 10.1 Å². The number of fused-ring (bicyclic) bond motifs is 1. The Morgan fingerprint density at radius 2 is 0.833 bits per heavy atom. The first-order valence-electron chi connectivity index (χ1n) is 12.1. The third-order valence-electron chi connectivity index (χ3n) is 6.72. The highest BCUT2D eigenvalue weighted by Gasteiger charge is 2.46. The highest BCUT2D eigenvalue weighted by molar-refractivity contribution is 6.62. The highest BCUT2D eigenvalue weighted by Crippen LogP contribution is 2.47. The fourth-order valence-electron chi connectivity index (χ4n) is 4.50. The molecular formula is C27H3BF18O2. The van der Waals surface area contributed by atoms with Gasteiger partial charge in [0.25, 0.3) is 0 Å². The van der Waals surface area contributed by atoms with Gasteiger partial charge in [0, 0.05) is 0 Å². The second kappa shape index (κ2) is 12.0. The molecule has 0 aromatic heterocycles. The Balaban J connectivity index is 1.84. The molecule has 5 rings (SSSR count). The summed E-state index contributed by atoms with van der Waals surface area (Å²) in [6, 6.07) is 0.481. The number of benzene rings is 4. The van der Waals surface area contributed by atoms with Gasteiger partial charge >= 0.3 is 7.12 Å². The van der Waals surface area contributed by atoms with Gasteiger partial charge in [0.2, 0.25) is 17.5 Å². The molecule has 0 saturated heterocycles. The minimum absolute atomic E-state index is 0.163. The fraction of sp³-hybridized carbons (Fsp3) is 0.0370. The molecule has 4 aromatic rings. The molecule has 0 heterocycles. The van der Waals surface area contributed by atoms with Crippen molar-refractivity contribution < 1.29 is 88.3 Å². The maximum absolute atomic E-state index is 15.1. The second-order valence-corrected chi connectivity index (χ2v) is 9.34. The molecule has 1 unspecified atom stereocenters. The molecule has 2 nitrogen and oxygen atoms in total. The van der Waals surface area contributed by atoms with Gasteiger partial charge in [-0.15, -0.1) is 0 Å². The maximum atomic E-state index is 15.1. The minimum atomic E-state index is -3.84. The van der Waals surface area contributed by atoms with E-state index in [2.05, 4.69) is 9.31 Å². The molecule has 252 valence electrons. The third kappa shape index (κ3) is 4.93. The van der Waals surface area contributed by atoms with Crippen LogP contribution in [0.25, 0.3) is 17.0 Å². The molecule has 0 bridgehead atoms. The van der Waals surface area contributed by atoms with Crippen LogP contribution in [-0.4, -0.2) is 7.12 Å². The van der Waals surface area contributed by atoms with Crippen LogP contribution in [0, 0.1) is 93.1 Å². The van der Waals surface area contributed by atoms with E-state index in [-0.39, 0.29) is 6.07 Å². The lowest BCUT2D eigenvalue weighted by molar-refractivity contribution is 0.186. The lowest BCUT2D eigenvalue weighted by Gasteiger charge is -2.24. The van der Waals surface area contributed by atoms with E-state index in [1.165, 1.54) is 0 Å². The van der Waals surface area contributed by atoms with Crippen molar-refractivity contribution in [3.8, 4) is 16.9 Å². The van der Waals surface area contributed by atoms with Crippen molar-refractivity contribution in [2.75, 3.05) is 0 Å². The van der Waals surface area contributed by atoms with Crippen molar-refractivity contribution in [2.24, 2.45) is 0 Å². The third-order valence-corrected chi connectivity index (χ3v) is 6.72. The highest BCUT2D eigenvalue weighted by atomic mass is 19.2. The van der Waals surface area contributed by atoms with Gasteiger partial charge in [-0.05, 0) is 11.6 Å². The van der Waals surface area contributed by atoms with Crippen LogP contribution in [0.2, 0.25) is 0 Å². The first kappa shape index (κ1) is 34.5. The van der Waals surface area contributed by atoms with Gasteiger partial charge in [0.1, 0.15) is 6.10 Å². The number of hydrogen-bond acceptors (Lipinski definition) is 2. The van der Waals surface area contributed by atoms with Gasteiger partial charge in [-0.3, -0.25) is 0 Å². The average molecular weight is 712 g/mol. The zero-order chi connectivity index (χ0) is 35.8. The van der Waals surface area contributed by atoms with Crippen molar-refractivity contribution in [3.05, 3.63) is 122 Å². The molecule has 0 amide bonds. The Morgan fingerprint density at radius 1 is 0.417 bits per heavy atom. The topological polar surface area (TPSA) is 18.5 Å². The van der Waals surface area contributed by atoms with Crippen LogP contribution in [0.4, 0.5) is 79.0 Å². The molecule has 0 radical (unpaired) electrons. The molecular weight excluding hydrogens is 709 g/mol. The van der Waals surface area contributed by atoms with Gasteiger partial charge in [-0.1, -0.05) is 6.07 Å². The Hall–Kier alpha value is -4.82. The second-order valence-electron chi connectivity index (χ2n) is 9.34. The van der Waals surface area contributed by atoms with E-state index in [0.717, 1.165) is 0 Å². The van der Waals surface area contributed by atoms with Crippen molar-refractivity contribution >= 4 is 18.4 Å². The summed E-state index contributed by atoms with van der Waals surface area (Å²) in [7, 11) is -3.84. The molecule has 0 N–H and O–H groups in total. The Bertz CT molecular complexity index is 2040. The van der Waals surface area contributed by atoms with Crippen LogP contribution >= 0.6 is 0 Å². The van der Waals surface area contributed by atoms with Crippen LogP contribution in [0.3, 0.4) is 0 Å². The summed E-state index contributed by atoms with van der Waals surface area (Å²) in [6.45, 7) is 0. The molecule has 1 aliphatic rings. The van der Waals surface area contributed by atoms with Gasteiger partial charge in [-0.2, -0.15) is 4.39 Å². The monoisotopic (exact) mass is 712 g/mol. The molecule has 48 heavy (non-hydrogen) atoms. The molecule has 0 aliphatic heterocycles. The predicted molar refractivity (Wildman–Crippen MR) is 123 cm³/mol. The first-order chi connectivity index (χ1) is 22.3. The Kier molecular flexibility index (Phi) is 8.64.